The standard InChI is InChI=1S/C13H18BrNO3S/c1-2-3-6-19(16,17)15-9-11-8-12(14)7-10-4-5-18-13(10)11/h7-8,15H,2-6,9H2,1H3. The van der Waals surface area contributed by atoms with E-state index in [1.54, 1.807) is 0 Å². The van der Waals surface area contributed by atoms with E-state index in [0.717, 1.165) is 34.2 Å². The molecule has 0 atom stereocenters. The van der Waals surface area contributed by atoms with E-state index in [9.17, 15) is 8.42 Å². The maximum absolute atomic E-state index is 11.8. The van der Waals surface area contributed by atoms with Gasteiger partial charge in [-0.25, -0.2) is 13.1 Å². The molecule has 0 spiro atoms. The molecule has 1 aromatic carbocycles. The van der Waals surface area contributed by atoms with Crippen LogP contribution in [0.3, 0.4) is 0 Å². The zero-order valence-corrected chi connectivity index (χ0v) is 13.3. The van der Waals surface area contributed by atoms with Gasteiger partial charge >= 0.3 is 0 Å². The fraction of sp³-hybridized carbons (Fsp3) is 0.538. The van der Waals surface area contributed by atoms with Crippen LogP contribution in [0.4, 0.5) is 0 Å². The Balaban J connectivity index is 2.08. The first-order chi connectivity index (χ1) is 9.02. The molecule has 4 nitrogen and oxygen atoms in total. The van der Waals surface area contributed by atoms with Crippen LogP contribution in [0.1, 0.15) is 30.9 Å². The highest BCUT2D eigenvalue weighted by Gasteiger charge is 2.18. The van der Waals surface area contributed by atoms with E-state index in [0.29, 0.717) is 13.0 Å². The minimum absolute atomic E-state index is 0.181. The third kappa shape index (κ3) is 3.94. The molecule has 1 aromatic rings. The highest BCUT2D eigenvalue weighted by Crippen LogP contribution is 2.32. The van der Waals surface area contributed by atoms with Crippen molar-refractivity contribution < 1.29 is 13.2 Å². The summed E-state index contributed by atoms with van der Waals surface area (Å²) in [5.74, 6) is 1.02. The molecule has 0 aromatic heterocycles. The number of hydrogen-bond acceptors (Lipinski definition) is 3. The van der Waals surface area contributed by atoms with Crippen molar-refractivity contribution in [3.63, 3.8) is 0 Å². The third-order valence-electron chi connectivity index (χ3n) is 3.07. The van der Waals surface area contributed by atoms with E-state index in [4.69, 9.17) is 4.74 Å². The van der Waals surface area contributed by atoms with Gasteiger partial charge in [-0.15, -0.1) is 0 Å². The Morgan fingerprint density at radius 1 is 1.42 bits per heavy atom. The van der Waals surface area contributed by atoms with Crippen LogP contribution in [0.15, 0.2) is 16.6 Å². The second kappa shape index (κ2) is 6.24. The van der Waals surface area contributed by atoms with Crippen LogP contribution >= 0.6 is 15.9 Å². The van der Waals surface area contributed by atoms with Gasteiger partial charge in [0.05, 0.1) is 12.4 Å². The second-order valence-corrected chi connectivity index (χ2v) is 7.49. The average molecular weight is 348 g/mol. The summed E-state index contributed by atoms with van der Waals surface area (Å²) in [5.41, 5.74) is 2.03. The fourth-order valence-corrected chi connectivity index (χ4v) is 3.81. The molecule has 0 unspecified atom stereocenters. The lowest BCUT2D eigenvalue weighted by Crippen LogP contribution is -2.26. The normalized spacial score (nSPS) is 14.2. The quantitative estimate of drug-likeness (QED) is 0.860. The highest BCUT2D eigenvalue weighted by molar-refractivity contribution is 9.10. The molecule has 6 heteroatoms. The van der Waals surface area contributed by atoms with Crippen molar-refractivity contribution >= 4 is 26.0 Å². The number of hydrogen-bond donors (Lipinski definition) is 1. The maximum Gasteiger partial charge on any atom is 0.211 e. The third-order valence-corrected chi connectivity index (χ3v) is 4.94. The number of rotatable bonds is 6. The summed E-state index contributed by atoms with van der Waals surface area (Å²) in [7, 11) is -3.19. The van der Waals surface area contributed by atoms with Crippen molar-refractivity contribution in [1.29, 1.82) is 0 Å². The van der Waals surface area contributed by atoms with Crippen LogP contribution in [-0.2, 0) is 23.0 Å². The number of sulfonamides is 1. The number of benzene rings is 1. The van der Waals surface area contributed by atoms with Crippen LogP contribution in [0.2, 0.25) is 0 Å². The topological polar surface area (TPSA) is 55.4 Å². The van der Waals surface area contributed by atoms with Gasteiger partial charge in [-0.1, -0.05) is 29.3 Å². The molecule has 0 saturated heterocycles. The van der Waals surface area contributed by atoms with Gasteiger partial charge in [0.2, 0.25) is 10.0 Å². The lowest BCUT2D eigenvalue weighted by Gasteiger charge is -2.10. The first-order valence-electron chi connectivity index (χ1n) is 6.43. The summed E-state index contributed by atoms with van der Waals surface area (Å²) >= 11 is 3.45. The Labute approximate surface area is 122 Å². The zero-order chi connectivity index (χ0) is 13.9. The summed E-state index contributed by atoms with van der Waals surface area (Å²) in [6.07, 6.45) is 2.43. The summed E-state index contributed by atoms with van der Waals surface area (Å²) in [6, 6.07) is 3.93. The van der Waals surface area contributed by atoms with Crippen molar-refractivity contribution in [2.24, 2.45) is 0 Å². The Kier molecular flexibility index (Phi) is 4.86. The molecular formula is C13H18BrNO3S. The fourth-order valence-electron chi connectivity index (χ4n) is 2.07. The van der Waals surface area contributed by atoms with Crippen molar-refractivity contribution in [1.82, 2.24) is 4.72 Å². The first-order valence-corrected chi connectivity index (χ1v) is 8.88. The van der Waals surface area contributed by atoms with Gasteiger partial charge in [-0.05, 0) is 24.1 Å². The predicted molar refractivity (Wildman–Crippen MR) is 78.9 cm³/mol. The molecule has 0 radical (unpaired) electrons. The molecule has 106 valence electrons. The van der Waals surface area contributed by atoms with Gasteiger partial charge in [-0.3, -0.25) is 0 Å². The minimum Gasteiger partial charge on any atom is -0.493 e. The van der Waals surface area contributed by atoms with Gasteiger partial charge in [0, 0.05) is 23.0 Å². The lowest BCUT2D eigenvalue weighted by molar-refractivity contribution is 0.353. The van der Waals surface area contributed by atoms with Crippen LogP contribution in [0.5, 0.6) is 5.75 Å². The van der Waals surface area contributed by atoms with Crippen molar-refractivity contribution in [2.45, 2.75) is 32.7 Å². The van der Waals surface area contributed by atoms with Crippen LogP contribution in [-0.4, -0.2) is 20.8 Å². The first kappa shape index (κ1) is 14.8. The van der Waals surface area contributed by atoms with Gasteiger partial charge in [0.15, 0.2) is 0 Å². The smallest absolute Gasteiger partial charge is 0.211 e. The molecule has 19 heavy (non-hydrogen) atoms. The molecule has 2 rings (SSSR count). The van der Waals surface area contributed by atoms with Gasteiger partial charge < -0.3 is 4.74 Å². The molecule has 0 aliphatic carbocycles. The zero-order valence-electron chi connectivity index (χ0n) is 10.9. The Hall–Kier alpha value is -0.590. The number of ether oxygens (including phenoxy) is 1. The highest BCUT2D eigenvalue weighted by atomic mass is 79.9. The maximum atomic E-state index is 11.8. The van der Waals surface area contributed by atoms with E-state index in [2.05, 4.69) is 20.7 Å². The summed E-state index contributed by atoms with van der Waals surface area (Å²) in [6.45, 7) is 2.93. The van der Waals surface area contributed by atoms with Crippen molar-refractivity contribution in [2.75, 3.05) is 12.4 Å². The molecule has 1 heterocycles. The van der Waals surface area contributed by atoms with E-state index in [1.807, 2.05) is 19.1 Å². The average Bonchev–Trinajstić information content (AvgIpc) is 2.81. The minimum atomic E-state index is -3.19. The number of nitrogens with one attached hydrogen (secondary N) is 1. The Bertz CT molecular complexity index is 557. The van der Waals surface area contributed by atoms with Gasteiger partial charge in [0.25, 0.3) is 0 Å². The Morgan fingerprint density at radius 3 is 2.95 bits per heavy atom. The monoisotopic (exact) mass is 347 g/mol. The van der Waals surface area contributed by atoms with Gasteiger partial charge in [0.1, 0.15) is 5.75 Å². The molecule has 1 aliphatic rings. The number of halogens is 1. The second-order valence-electron chi connectivity index (χ2n) is 4.65. The Morgan fingerprint density at radius 2 is 2.21 bits per heavy atom. The van der Waals surface area contributed by atoms with E-state index < -0.39 is 10.0 Å². The van der Waals surface area contributed by atoms with Crippen LogP contribution in [0, 0.1) is 0 Å². The SMILES string of the molecule is CCCCS(=O)(=O)NCc1cc(Br)cc2c1OCC2. The molecule has 0 bridgehead atoms. The van der Waals surface area contributed by atoms with Crippen LogP contribution < -0.4 is 9.46 Å². The van der Waals surface area contributed by atoms with Crippen LogP contribution in [0.25, 0.3) is 0 Å². The van der Waals surface area contributed by atoms with Crippen molar-refractivity contribution in [3.05, 3.63) is 27.7 Å². The van der Waals surface area contributed by atoms with Crippen molar-refractivity contribution in [3.8, 4) is 5.75 Å². The van der Waals surface area contributed by atoms with Gasteiger partial charge in [-0.2, -0.15) is 0 Å². The molecule has 0 fully saturated rings. The molecule has 0 amide bonds. The summed E-state index contributed by atoms with van der Waals surface area (Å²) < 4.78 is 32.7. The van der Waals surface area contributed by atoms with E-state index in [-0.39, 0.29) is 12.3 Å². The summed E-state index contributed by atoms with van der Waals surface area (Å²) in [4.78, 5) is 0. The largest absolute Gasteiger partial charge is 0.493 e. The number of unbranched alkanes of at least 4 members (excludes halogenated alkanes) is 1. The molecule has 1 aliphatic heterocycles. The summed E-state index contributed by atoms with van der Waals surface area (Å²) in [5, 5.41) is 0. The van der Waals surface area contributed by atoms with E-state index >= 15 is 0 Å². The number of fused-ring (bicyclic) bond motifs is 1. The lowest BCUT2D eigenvalue weighted by atomic mass is 10.1. The van der Waals surface area contributed by atoms with E-state index in [1.165, 1.54) is 0 Å². The molecule has 1 N–H and O–H groups in total. The molecule has 0 saturated carbocycles. The predicted octanol–water partition coefficient (Wildman–Crippen LogP) is 2.60. The molecular weight excluding hydrogens is 330 g/mol.